The first-order chi connectivity index (χ1) is 9.26. The Morgan fingerprint density at radius 3 is 2.74 bits per heavy atom. The summed E-state index contributed by atoms with van der Waals surface area (Å²) in [5, 5.41) is 0.324. The maximum Gasteiger partial charge on any atom is 0.109 e. The first-order valence-electron chi connectivity index (χ1n) is 7.34. The minimum atomic E-state index is 0.324. The van der Waals surface area contributed by atoms with Gasteiger partial charge in [-0.1, -0.05) is 25.5 Å². The lowest BCUT2D eigenvalue weighted by Gasteiger charge is -2.08. The number of para-hydroxylation sites is 2. The highest BCUT2D eigenvalue weighted by atomic mass is 35.5. The van der Waals surface area contributed by atoms with Gasteiger partial charge in [0.2, 0.25) is 0 Å². The van der Waals surface area contributed by atoms with Crippen molar-refractivity contribution in [2.45, 2.75) is 57.9 Å². The van der Waals surface area contributed by atoms with Gasteiger partial charge in [-0.15, -0.1) is 11.6 Å². The number of aromatic nitrogens is 2. The molecule has 0 saturated carbocycles. The van der Waals surface area contributed by atoms with Crippen molar-refractivity contribution in [1.29, 1.82) is 0 Å². The molecule has 3 heteroatoms. The van der Waals surface area contributed by atoms with Gasteiger partial charge in [-0.3, -0.25) is 0 Å². The number of fused-ring (bicyclic) bond motifs is 1. The van der Waals surface area contributed by atoms with E-state index in [1.54, 1.807) is 0 Å². The molecule has 0 amide bonds. The Bertz CT molecular complexity index is 518. The van der Waals surface area contributed by atoms with Gasteiger partial charge >= 0.3 is 0 Å². The monoisotopic (exact) mass is 278 g/mol. The molecular formula is C16H23ClN2. The fourth-order valence-electron chi connectivity index (χ4n) is 2.61. The maximum absolute atomic E-state index is 6.27. The molecule has 0 spiro atoms. The Hall–Kier alpha value is -1.02. The van der Waals surface area contributed by atoms with Gasteiger partial charge < -0.3 is 4.57 Å². The summed E-state index contributed by atoms with van der Waals surface area (Å²) in [5.74, 6) is 1.20. The van der Waals surface area contributed by atoms with Crippen LogP contribution < -0.4 is 0 Å². The number of hydrogen-bond acceptors (Lipinski definition) is 1. The minimum absolute atomic E-state index is 0.324. The van der Waals surface area contributed by atoms with Crippen LogP contribution >= 0.6 is 11.6 Å². The SMILES string of the molecule is CCCC(Cl)CCCc1nc2ccccc2n1CC. The zero-order valence-electron chi connectivity index (χ0n) is 11.9. The highest BCUT2D eigenvalue weighted by molar-refractivity contribution is 6.20. The number of imidazole rings is 1. The van der Waals surface area contributed by atoms with E-state index in [-0.39, 0.29) is 0 Å². The number of hydrogen-bond donors (Lipinski definition) is 0. The summed E-state index contributed by atoms with van der Waals surface area (Å²) in [5.41, 5.74) is 2.35. The lowest BCUT2D eigenvalue weighted by molar-refractivity contribution is 0.613. The van der Waals surface area contributed by atoms with Crippen molar-refractivity contribution in [2.24, 2.45) is 0 Å². The highest BCUT2D eigenvalue weighted by Gasteiger charge is 2.10. The molecule has 2 nitrogen and oxygen atoms in total. The highest BCUT2D eigenvalue weighted by Crippen LogP contribution is 2.19. The molecule has 0 saturated heterocycles. The quantitative estimate of drug-likeness (QED) is 0.666. The van der Waals surface area contributed by atoms with Crippen molar-refractivity contribution in [2.75, 3.05) is 0 Å². The third kappa shape index (κ3) is 3.50. The second-order valence-corrected chi connectivity index (χ2v) is 5.66. The van der Waals surface area contributed by atoms with Crippen LogP contribution in [0, 0.1) is 0 Å². The van der Waals surface area contributed by atoms with Gasteiger partial charge in [0, 0.05) is 18.3 Å². The summed E-state index contributed by atoms with van der Waals surface area (Å²) < 4.78 is 2.32. The molecule has 1 aromatic heterocycles. The second kappa shape index (κ2) is 6.95. The van der Waals surface area contributed by atoms with Gasteiger partial charge in [0.25, 0.3) is 0 Å². The number of aryl methyl sites for hydroxylation is 2. The number of halogens is 1. The molecule has 2 rings (SSSR count). The second-order valence-electron chi connectivity index (χ2n) is 5.04. The van der Waals surface area contributed by atoms with Gasteiger partial charge in [0.1, 0.15) is 5.82 Å². The van der Waals surface area contributed by atoms with E-state index in [0.717, 1.165) is 37.7 Å². The van der Waals surface area contributed by atoms with E-state index in [1.165, 1.54) is 17.8 Å². The first kappa shape index (κ1) is 14.4. The Balaban J connectivity index is 2.04. The van der Waals surface area contributed by atoms with Crippen molar-refractivity contribution >= 4 is 22.6 Å². The standard InChI is InChI=1S/C16H23ClN2/c1-3-8-13(17)9-7-12-16-18-14-10-5-6-11-15(14)19(16)4-2/h5-6,10-11,13H,3-4,7-9,12H2,1-2H3. The fraction of sp³-hybridized carbons (Fsp3) is 0.562. The molecule has 2 aromatic rings. The third-order valence-corrected chi connectivity index (χ3v) is 4.01. The maximum atomic E-state index is 6.27. The van der Waals surface area contributed by atoms with Gasteiger partial charge in [-0.2, -0.15) is 0 Å². The summed E-state index contributed by atoms with van der Waals surface area (Å²) in [6.45, 7) is 5.35. The Morgan fingerprint density at radius 2 is 2.00 bits per heavy atom. The topological polar surface area (TPSA) is 17.8 Å². The molecule has 0 N–H and O–H groups in total. The van der Waals surface area contributed by atoms with Gasteiger partial charge in [-0.25, -0.2) is 4.98 Å². The smallest absolute Gasteiger partial charge is 0.109 e. The third-order valence-electron chi connectivity index (χ3n) is 3.57. The van der Waals surface area contributed by atoms with E-state index in [4.69, 9.17) is 16.6 Å². The Morgan fingerprint density at radius 1 is 1.21 bits per heavy atom. The molecule has 0 radical (unpaired) electrons. The van der Waals surface area contributed by atoms with Crippen molar-refractivity contribution in [3.63, 3.8) is 0 Å². The van der Waals surface area contributed by atoms with Crippen molar-refractivity contribution in [3.05, 3.63) is 30.1 Å². The van der Waals surface area contributed by atoms with Crippen LogP contribution in [0.15, 0.2) is 24.3 Å². The average molecular weight is 279 g/mol. The summed E-state index contributed by atoms with van der Waals surface area (Å²) in [4.78, 5) is 4.75. The lowest BCUT2D eigenvalue weighted by atomic mass is 10.1. The van der Waals surface area contributed by atoms with Gasteiger partial charge in [0.15, 0.2) is 0 Å². The number of rotatable bonds is 7. The van der Waals surface area contributed by atoms with Crippen molar-refractivity contribution < 1.29 is 0 Å². The predicted molar refractivity (Wildman–Crippen MR) is 82.9 cm³/mol. The van der Waals surface area contributed by atoms with Crippen LogP contribution in [0.5, 0.6) is 0 Å². The molecule has 0 aliphatic carbocycles. The molecule has 19 heavy (non-hydrogen) atoms. The Kier molecular flexibility index (Phi) is 5.26. The van der Waals surface area contributed by atoms with Crippen molar-refractivity contribution in [3.8, 4) is 0 Å². The zero-order chi connectivity index (χ0) is 13.7. The van der Waals surface area contributed by atoms with Crippen LogP contribution in [0.4, 0.5) is 0 Å². The van der Waals surface area contributed by atoms with E-state index in [0.29, 0.717) is 5.38 Å². The fourth-order valence-corrected chi connectivity index (χ4v) is 2.98. The molecule has 0 aliphatic rings. The minimum Gasteiger partial charge on any atom is -0.328 e. The largest absolute Gasteiger partial charge is 0.328 e. The van der Waals surface area contributed by atoms with E-state index >= 15 is 0 Å². The van der Waals surface area contributed by atoms with Crippen LogP contribution in [0.1, 0.15) is 45.4 Å². The van der Waals surface area contributed by atoms with Crippen LogP contribution in [-0.2, 0) is 13.0 Å². The van der Waals surface area contributed by atoms with E-state index in [1.807, 2.05) is 0 Å². The molecule has 1 atom stereocenters. The molecular weight excluding hydrogens is 256 g/mol. The van der Waals surface area contributed by atoms with E-state index in [9.17, 15) is 0 Å². The molecule has 1 unspecified atom stereocenters. The van der Waals surface area contributed by atoms with Crippen LogP contribution in [0.3, 0.4) is 0 Å². The van der Waals surface area contributed by atoms with Crippen molar-refractivity contribution in [1.82, 2.24) is 9.55 Å². The molecule has 104 valence electrons. The zero-order valence-corrected chi connectivity index (χ0v) is 12.7. The summed E-state index contributed by atoms with van der Waals surface area (Å²) in [7, 11) is 0. The summed E-state index contributed by atoms with van der Waals surface area (Å²) >= 11 is 6.27. The molecule has 1 heterocycles. The van der Waals surface area contributed by atoms with Gasteiger partial charge in [0.05, 0.1) is 11.0 Å². The number of benzene rings is 1. The summed E-state index contributed by atoms with van der Waals surface area (Å²) in [6.07, 6.45) is 5.52. The van der Waals surface area contributed by atoms with Gasteiger partial charge in [-0.05, 0) is 38.3 Å². The predicted octanol–water partition coefficient (Wildman–Crippen LogP) is 4.79. The average Bonchev–Trinajstić information content (AvgIpc) is 2.76. The molecule has 0 bridgehead atoms. The molecule has 1 aromatic carbocycles. The van der Waals surface area contributed by atoms with Crippen LogP contribution in [0.2, 0.25) is 0 Å². The Labute approximate surface area is 120 Å². The van der Waals surface area contributed by atoms with E-state index < -0.39 is 0 Å². The number of nitrogens with zero attached hydrogens (tertiary/aromatic N) is 2. The van der Waals surface area contributed by atoms with Crippen LogP contribution in [0.25, 0.3) is 11.0 Å². The first-order valence-corrected chi connectivity index (χ1v) is 7.78. The normalized spacial score (nSPS) is 13.0. The molecule has 0 fully saturated rings. The lowest BCUT2D eigenvalue weighted by Crippen LogP contribution is -2.04. The van der Waals surface area contributed by atoms with E-state index in [2.05, 4.69) is 42.7 Å². The molecule has 0 aliphatic heterocycles. The summed E-state index contributed by atoms with van der Waals surface area (Å²) in [6, 6.07) is 8.37. The number of alkyl halides is 1. The van der Waals surface area contributed by atoms with Crippen LogP contribution in [-0.4, -0.2) is 14.9 Å².